The van der Waals surface area contributed by atoms with Gasteiger partial charge in [-0.2, -0.15) is 11.8 Å². The minimum Gasteiger partial charge on any atom is -0.315 e. The van der Waals surface area contributed by atoms with E-state index in [9.17, 15) is 0 Å². The standard InChI is InChI=1S/C11H22N2S/c1-14-11-4-3-10(9-11)13-7-2-5-12-6-8-13/h10-12H,2-9H2,1H3. The van der Waals surface area contributed by atoms with E-state index in [0.717, 1.165) is 11.3 Å². The van der Waals surface area contributed by atoms with E-state index >= 15 is 0 Å². The summed E-state index contributed by atoms with van der Waals surface area (Å²) >= 11 is 2.06. The fraction of sp³-hybridized carbons (Fsp3) is 1.00. The van der Waals surface area contributed by atoms with Crippen LogP contribution in [0.1, 0.15) is 25.7 Å². The van der Waals surface area contributed by atoms with Crippen LogP contribution in [-0.4, -0.2) is 48.6 Å². The third-order valence-electron chi connectivity index (χ3n) is 3.58. The van der Waals surface area contributed by atoms with Crippen LogP contribution in [0.3, 0.4) is 0 Å². The maximum absolute atomic E-state index is 3.48. The first-order valence-electron chi connectivity index (χ1n) is 5.87. The van der Waals surface area contributed by atoms with E-state index < -0.39 is 0 Å². The van der Waals surface area contributed by atoms with Crippen LogP contribution in [0.15, 0.2) is 0 Å². The summed E-state index contributed by atoms with van der Waals surface area (Å²) in [5.74, 6) is 0. The molecule has 82 valence electrons. The molecule has 14 heavy (non-hydrogen) atoms. The van der Waals surface area contributed by atoms with Crippen LogP contribution in [0.4, 0.5) is 0 Å². The highest BCUT2D eigenvalue weighted by Gasteiger charge is 2.28. The van der Waals surface area contributed by atoms with E-state index in [-0.39, 0.29) is 0 Å². The van der Waals surface area contributed by atoms with Gasteiger partial charge in [0.05, 0.1) is 0 Å². The molecule has 1 heterocycles. The minimum atomic E-state index is 0.896. The fourth-order valence-electron chi connectivity index (χ4n) is 2.69. The molecular formula is C11H22N2S. The molecule has 1 saturated carbocycles. The Labute approximate surface area is 91.8 Å². The van der Waals surface area contributed by atoms with Crippen LogP contribution in [0.5, 0.6) is 0 Å². The maximum atomic E-state index is 3.48. The van der Waals surface area contributed by atoms with Crippen LogP contribution in [0, 0.1) is 0 Å². The third kappa shape index (κ3) is 2.65. The van der Waals surface area contributed by atoms with Crippen LogP contribution in [0.25, 0.3) is 0 Å². The molecule has 2 unspecified atom stereocenters. The summed E-state index contributed by atoms with van der Waals surface area (Å²) in [6.07, 6.45) is 7.90. The van der Waals surface area contributed by atoms with Crippen LogP contribution < -0.4 is 5.32 Å². The van der Waals surface area contributed by atoms with Crippen LogP contribution in [0.2, 0.25) is 0 Å². The first kappa shape index (κ1) is 10.8. The Bertz CT molecular complexity index is 167. The number of hydrogen-bond donors (Lipinski definition) is 1. The predicted octanol–water partition coefficient (Wildman–Crippen LogP) is 1.57. The Kier molecular flexibility index (Phi) is 4.14. The Hall–Kier alpha value is 0.270. The summed E-state index contributed by atoms with van der Waals surface area (Å²) in [6, 6.07) is 0.896. The fourth-order valence-corrected chi connectivity index (χ4v) is 3.48. The molecule has 1 N–H and O–H groups in total. The number of rotatable bonds is 2. The summed E-state index contributed by atoms with van der Waals surface area (Å²) in [7, 11) is 0. The highest BCUT2D eigenvalue weighted by Crippen LogP contribution is 2.31. The van der Waals surface area contributed by atoms with Crippen molar-refractivity contribution >= 4 is 11.8 Å². The lowest BCUT2D eigenvalue weighted by molar-refractivity contribution is 0.212. The van der Waals surface area contributed by atoms with E-state index in [1.165, 1.54) is 51.9 Å². The largest absolute Gasteiger partial charge is 0.315 e. The number of nitrogens with one attached hydrogen (secondary N) is 1. The van der Waals surface area contributed by atoms with Gasteiger partial charge in [-0.05, 0) is 45.0 Å². The van der Waals surface area contributed by atoms with Crippen molar-refractivity contribution in [3.05, 3.63) is 0 Å². The van der Waals surface area contributed by atoms with Crippen molar-refractivity contribution in [1.82, 2.24) is 10.2 Å². The molecule has 1 aliphatic heterocycles. The molecule has 0 aromatic carbocycles. The second kappa shape index (κ2) is 5.38. The lowest BCUT2D eigenvalue weighted by Gasteiger charge is -2.26. The first-order chi connectivity index (χ1) is 6.90. The molecule has 2 atom stereocenters. The Morgan fingerprint density at radius 1 is 1.21 bits per heavy atom. The van der Waals surface area contributed by atoms with E-state index in [2.05, 4.69) is 28.2 Å². The van der Waals surface area contributed by atoms with Gasteiger partial charge in [-0.25, -0.2) is 0 Å². The normalized spacial score (nSPS) is 35.8. The summed E-state index contributed by atoms with van der Waals surface area (Å²) in [6.45, 7) is 5.00. The summed E-state index contributed by atoms with van der Waals surface area (Å²) in [5.41, 5.74) is 0. The molecule has 2 aliphatic rings. The van der Waals surface area contributed by atoms with Gasteiger partial charge in [0.15, 0.2) is 0 Å². The highest BCUT2D eigenvalue weighted by atomic mass is 32.2. The number of thioether (sulfide) groups is 1. The Morgan fingerprint density at radius 3 is 2.93 bits per heavy atom. The van der Waals surface area contributed by atoms with Crippen molar-refractivity contribution < 1.29 is 0 Å². The Morgan fingerprint density at radius 2 is 2.14 bits per heavy atom. The van der Waals surface area contributed by atoms with Gasteiger partial charge in [-0.3, -0.25) is 4.90 Å². The topological polar surface area (TPSA) is 15.3 Å². The second-order valence-electron chi connectivity index (χ2n) is 4.46. The molecule has 2 nitrogen and oxygen atoms in total. The summed E-state index contributed by atoms with van der Waals surface area (Å²) in [5, 5.41) is 4.42. The minimum absolute atomic E-state index is 0.896. The van der Waals surface area contributed by atoms with Crippen molar-refractivity contribution in [3.63, 3.8) is 0 Å². The smallest absolute Gasteiger partial charge is 0.0110 e. The average molecular weight is 214 g/mol. The van der Waals surface area contributed by atoms with Crippen molar-refractivity contribution in [1.29, 1.82) is 0 Å². The summed E-state index contributed by atoms with van der Waals surface area (Å²) in [4.78, 5) is 2.72. The third-order valence-corrected chi connectivity index (χ3v) is 4.68. The van der Waals surface area contributed by atoms with E-state index in [0.29, 0.717) is 0 Å². The van der Waals surface area contributed by atoms with Gasteiger partial charge in [-0.15, -0.1) is 0 Å². The van der Waals surface area contributed by atoms with Crippen molar-refractivity contribution in [2.45, 2.75) is 37.0 Å². The van der Waals surface area contributed by atoms with Crippen molar-refractivity contribution in [2.24, 2.45) is 0 Å². The molecule has 0 aromatic rings. The van der Waals surface area contributed by atoms with Gasteiger partial charge in [0.2, 0.25) is 0 Å². The van der Waals surface area contributed by atoms with Crippen molar-refractivity contribution in [2.75, 3.05) is 32.4 Å². The zero-order valence-electron chi connectivity index (χ0n) is 9.17. The van der Waals surface area contributed by atoms with E-state index in [1.807, 2.05) is 0 Å². The second-order valence-corrected chi connectivity index (χ2v) is 5.60. The molecule has 0 amide bonds. The van der Waals surface area contributed by atoms with Crippen LogP contribution in [-0.2, 0) is 0 Å². The average Bonchev–Trinajstić information content (AvgIpc) is 2.53. The number of hydrogen-bond acceptors (Lipinski definition) is 3. The molecular weight excluding hydrogens is 192 g/mol. The highest BCUT2D eigenvalue weighted by molar-refractivity contribution is 7.99. The van der Waals surface area contributed by atoms with Gasteiger partial charge in [-0.1, -0.05) is 0 Å². The van der Waals surface area contributed by atoms with Crippen LogP contribution >= 0.6 is 11.8 Å². The number of nitrogens with zero attached hydrogens (tertiary/aromatic N) is 1. The maximum Gasteiger partial charge on any atom is 0.0110 e. The molecule has 2 rings (SSSR count). The summed E-state index contributed by atoms with van der Waals surface area (Å²) < 4.78 is 0. The van der Waals surface area contributed by atoms with Gasteiger partial charge in [0, 0.05) is 24.4 Å². The Balaban J connectivity index is 1.82. The SMILES string of the molecule is CSC1CCC(N2CCCNCC2)C1. The monoisotopic (exact) mass is 214 g/mol. The van der Waals surface area contributed by atoms with Gasteiger partial charge >= 0.3 is 0 Å². The molecule has 2 fully saturated rings. The molecule has 0 radical (unpaired) electrons. The molecule has 3 heteroatoms. The van der Waals surface area contributed by atoms with E-state index in [4.69, 9.17) is 0 Å². The van der Waals surface area contributed by atoms with Gasteiger partial charge < -0.3 is 5.32 Å². The van der Waals surface area contributed by atoms with Gasteiger partial charge in [0.1, 0.15) is 0 Å². The molecule has 1 aliphatic carbocycles. The lowest BCUT2D eigenvalue weighted by Crippen LogP contribution is -2.36. The quantitative estimate of drug-likeness (QED) is 0.751. The molecule has 0 aromatic heterocycles. The zero-order valence-corrected chi connectivity index (χ0v) is 9.98. The van der Waals surface area contributed by atoms with Crippen molar-refractivity contribution in [3.8, 4) is 0 Å². The van der Waals surface area contributed by atoms with Gasteiger partial charge in [0.25, 0.3) is 0 Å². The lowest BCUT2D eigenvalue weighted by atomic mass is 10.2. The van der Waals surface area contributed by atoms with E-state index in [1.54, 1.807) is 0 Å². The zero-order chi connectivity index (χ0) is 9.80. The molecule has 0 bridgehead atoms. The molecule has 1 saturated heterocycles. The predicted molar refractivity (Wildman–Crippen MR) is 64.0 cm³/mol. The molecule has 0 spiro atoms. The first-order valence-corrected chi connectivity index (χ1v) is 7.16.